The van der Waals surface area contributed by atoms with Crippen LogP contribution in [0.1, 0.15) is 26.4 Å². The highest BCUT2D eigenvalue weighted by Gasteiger charge is 2.22. The Morgan fingerprint density at radius 1 is 1.14 bits per heavy atom. The van der Waals surface area contributed by atoms with Gasteiger partial charge in [-0.3, -0.25) is 9.20 Å². The minimum Gasteiger partial charge on any atom is -0.465 e. The van der Waals surface area contributed by atoms with E-state index in [0.29, 0.717) is 24.0 Å². The van der Waals surface area contributed by atoms with Gasteiger partial charge in [-0.2, -0.15) is 0 Å². The van der Waals surface area contributed by atoms with E-state index in [1.54, 1.807) is 48.7 Å². The molecule has 9 heteroatoms. The molecule has 0 atom stereocenters. The normalized spacial score (nSPS) is 11.4. The second kappa shape index (κ2) is 7.81. The van der Waals surface area contributed by atoms with Crippen LogP contribution >= 0.6 is 0 Å². The molecule has 8 nitrogen and oxygen atoms in total. The maximum Gasteiger partial charge on any atom is 0.337 e. The molecule has 28 heavy (non-hydrogen) atoms. The number of imidazole rings is 1. The summed E-state index contributed by atoms with van der Waals surface area (Å²) in [5.74, 6) is -0.863. The Labute approximate surface area is 162 Å². The predicted molar refractivity (Wildman–Crippen MR) is 102 cm³/mol. The molecule has 2 heterocycles. The molecule has 0 aliphatic rings. The van der Waals surface area contributed by atoms with Crippen LogP contribution in [-0.4, -0.2) is 49.6 Å². The number of aromatic nitrogens is 2. The number of hydrogen-bond donors (Lipinski definition) is 1. The lowest BCUT2D eigenvalue weighted by Gasteiger charge is -2.05. The zero-order chi connectivity index (χ0) is 20.3. The zero-order valence-electron chi connectivity index (χ0n) is 15.4. The molecule has 0 aliphatic carbocycles. The van der Waals surface area contributed by atoms with E-state index in [2.05, 4.69) is 15.0 Å². The van der Waals surface area contributed by atoms with Crippen LogP contribution in [0.15, 0.2) is 53.8 Å². The number of carbonyl (C=O) groups excluding carboxylic acids is 2. The highest BCUT2D eigenvalue weighted by atomic mass is 32.2. The number of fused-ring (bicyclic) bond motifs is 1. The van der Waals surface area contributed by atoms with Crippen molar-refractivity contribution in [2.45, 2.75) is 11.6 Å². The molecule has 0 unspecified atom stereocenters. The Hall–Kier alpha value is -3.20. The topological polar surface area (TPSA) is 107 Å². The monoisotopic (exact) mass is 401 g/mol. The highest BCUT2D eigenvalue weighted by molar-refractivity contribution is 7.90. The Morgan fingerprint density at radius 3 is 2.50 bits per heavy atom. The summed E-state index contributed by atoms with van der Waals surface area (Å²) in [5, 5.41) is 2.58. The number of carbonyl (C=O) groups is 2. The molecule has 0 aliphatic heterocycles. The molecule has 1 N–H and O–H groups in total. The van der Waals surface area contributed by atoms with Crippen molar-refractivity contribution in [3.05, 3.63) is 65.5 Å². The van der Waals surface area contributed by atoms with E-state index in [4.69, 9.17) is 0 Å². The summed E-state index contributed by atoms with van der Waals surface area (Å²) in [4.78, 5) is 28.0. The van der Waals surface area contributed by atoms with Gasteiger partial charge in [0.2, 0.25) is 15.0 Å². The van der Waals surface area contributed by atoms with Gasteiger partial charge in [0.15, 0.2) is 5.69 Å². The fourth-order valence-corrected chi connectivity index (χ4v) is 3.54. The van der Waals surface area contributed by atoms with Crippen molar-refractivity contribution in [3.8, 4) is 0 Å². The van der Waals surface area contributed by atoms with E-state index in [1.807, 2.05) is 0 Å². The lowest BCUT2D eigenvalue weighted by molar-refractivity contribution is 0.0600. The summed E-state index contributed by atoms with van der Waals surface area (Å²) < 4.78 is 29.9. The van der Waals surface area contributed by atoms with E-state index >= 15 is 0 Å². The van der Waals surface area contributed by atoms with Gasteiger partial charge in [-0.05, 0) is 36.2 Å². The molecule has 1 aromatic carbocycles. The first-order valence-corrected chi connectivity index (χ1v) is 10.3. The summed E-state index contributed by atoms with van der Waals surface area (Å²) in [5.41, 5.74) is 1.86. The first-order valence-electron chi connectivity index (χ1n) is 8.44. The Balaban J connectivity index is 1.71. The third-order valence-electron chi connectivity index (χ3n) is 4.14. The van der Waals surface area contributed by atoms with E-state index in [1.165, 1.54) is 11.5 Å². The van der Waals surface area contributed by atoms with Gasteiger partial charge >= 0.3 is 5.97 Å². The summed E-state index contributed by atoms with van der Waals surface area (Å²) in [6.45, 7) is 0.330. The van der Waals surface area contributed by atoms with Crippen molar-refractivity contribution in [1.82, 2.24) is 14.7 Å². The first kappa shape index (κ1) is 19.6. The first-order chi connectivity index (χ1) is 13.3. The minimum absolute atomic E-state index is 0.0575. The zero-order valence-corrected chi connectivity index (χ0v) is 16.2. The molecule has 0 saturated heterocycles. The number of ether oxygens (including phenoxy) is 1. The number of hydrogen-bond acceptors (Lipinski definition) is 6. The number of methoxy groups -OCH3 is 1. The Kier molecular flexibility index (Phi) is 5.46. The van der Waals surface area contributed by atoms with Crippen LogP contribution in [-0.2, 0) is 21.0 Å². The largest absolute Gasteiger partial charge is 0.465 e. The molecule has 0 saturated carbocycles. The van der Waals surface area contributed by atoms with Crippen molar-refractivity contribution in [2.75, 3.05) is 19.9 Å². The number of nitrogens with one attached hydrogen (secondary N) is 1. The van der Waals surface area contributed by atoms with Crippen molar-refractivity contribution in [3.63, 3.8) is 0 Å². The molecule has 1 amide bonds. The van der Waals surface area contributed by atoms with Gasteiger partial charge in [-0.1, -0.05) is 18.2 Å². The number of nitrogens with zero attached hydrogens (tertiary/aromatic N) is 2. The molecule has 146 valence electrons. The van der Waals surface area contributed by atoms with Gasteiger partial charge in [0, 0.05) is 19.0 Å². The molecular weight excluding hydrogens is 382 g/mol. The molecule has 0 radical (unpaired) electrons. The number of esters is 1. The number of pyridine rings is 1. The Bertz CT molecular complexity index is 1130. The van der Waals surface area contributed by atoms with Crippen LogP contribution in [0.2, 0.25) is 0 Å². The molecule has 2 aromatic heterocycles. The molecule has 3 rings (SSSR count). The van der Waals surface area contributed by atoms with E-state index in [0.717, 1.165) is 11.8 Å². The minimum atomic E-state index is -3.58. The number of benzene rings is 1. The van der Waals surface area contributed by atoms with Crippen LogP contribution in [0, 0.1) is 0 Å². The van der Waals surface area contributed by atoms with Gasteiger partial charge in [0.25, 0.3) is 5.91 Å². The highest BCUT2D eigenvalue weighted by Crippen LogP contribution is 2.17. The van der Waals surface area contributed by atoms with Crippen LogP contribution < -0.4 is 5.32 Å². The smallest absolute Gasteiger partial charge is 0.337 e. The van der Waals surface area contributed by atoms with Crippen molar-refractivity contribution >= 4 is 27.2 Å². The van der Waals surface area contributed by atoms with Gasteiger partial charge in [0.1, 0.15) is 0 Å². The average Bonchev–Trinajstić information content (AvgIpc) is 3.08. The summed E-state index contributed by atoms with van der Waals surface area (Å²) in [6.07, 6.45) is 3.14. The fraction of sp³-hybridized carbons (Fsp3) is 0.211. The van der Waals surface area contributed by atoms with Gasteiger partial charge < -0.3 is 10.1 Å². The summed E-state index contributed by atoms with van der Waals surface area (Å²) in [7, 11) is -2.26. The standard InChI is InChI=1S/C19H19N3O5S/c1-27-18(24)14-8-6-13(7-9-14)10-11-20-17(23)16-15-5-3-4-12-22(15)19(21-16)28(2,25)26/h3-9,12H,10-11H2,1-2H3,(H,20,23). The number of rotatable bonds is 6. The molecule has 0 spiro atoms. The summed E-state index contributed by atoms with van der Waals surface area (Å²) in [6, 6.07) is 11.9. The van der Waals surface area contributed by atoms with Crippen LogP contribution in [0.25, 0.3) is 5.52 Å². The van der Waals surface area contributed by atoms with Gasteiger partial charge in [-0.15, -0.1) is 0 Å². The lowest BCUT2D eigenvalue weighted by atomic mass is 10.1. The van der Waals surface area contributed by atoms with E-state index < -0.39 is 21.7 Å². The van der Waals surface area contributed by atoms with Gasteiger partial charge in [-0.25, -0.2) is 18.2 Å². The third kappa shape index (κ3) is 4.04. The maximum absolute atomic E-state index is 12.5. The SMILES string of the molecule is COC(=O)c1ccc(CCNC(=O)c2nc(S(C)(=O)=O)n3ccccc23)cc1. The third-order valence-corrected chi connectivity index (χ3v) is 5.09. The van der Waals surface area contributed by atoms with E-state index in [-0.39, 0.29) is 10.9 Å². The van der Waals surface area contributed by atoms with Crippen molar-refractivity contribution in [1.29, 1.82) is 0 Å². The van der Waals surface area contributed by atoms with Gasteiger partial charge in [0.05, 0.1) is 18.2 Å². The van der Waals surface area contributed by atoms with Crippen molar-refractivity contribution in [2.24, 2.45) is 0 Å². The van der Waals surface area contributed by atoms with Crippen LogP contribution in [0.5, 0.6) is 0 Å². The molecule has 3 aromatic rings. The van der Waals surface area contributed by atoms with Crippen LogP contribution in [0.4, 0.5) is 0 Å². The quantitative estimate of drug-likeness (QED) is 0.627. The molecule has 0 fully saturated rings. The van der Waals surface area contributed by atoms with Crippen LogP contribution in [0.3, 0.4) is 0 Å². The molecule has 0 bridgehead atoms. The van der Waals surface area contributed by atoms with Crippen molar-refractivity contribution < 1.29 is 22.7 Å². The summed E-state index contributed by atoms with van der Waals surface area (Å²) >= 11 is 0. The predicted octanol–water partition coefficient (Wildman–Crippen LogP) is 1.50. The number of sulfone groups is 1. The van der Waals surface area contributed by atoms with E-state index in [9.17, 15) is 18.0 Å². The Morgan fingerprint density at radius 2 is 1.86 bits per heavy atom. The average molecular weight is 401 g/mol. The molecular formula is C19H19N3O5S. The second-order valence-corrected chi connectivity index (χ2v) is 8.07. The lowest BCUT2D eigenvalue weighted by Crippen LogP contribution is -2.26. The maximum atomic E-state index is 12.5. The number of amides is 1. The second-order valence-electron chi connectivity index (χ2n) is 6.17. The fourth-order valence-electron chi connectivity index (χ4n) is 2.77.